The Labute approximate surface area is 147 Å². The van der Waals surface area contributed by atoms with E-state index in [1.54, 1.807) is 12.1 Å². The van der Waals surface area contributed by atoms with Gasteiger partial charge >= 0.3 is 0 Å². The zero-order valence-corrected chi connectivity index (χ0v) is 14.9. The highest BCUT2D eigenvalue weighted by molar-refractivity contribution is 5.77. The molecule has 25 heavy (non-hydrogen) atoms. The van der Waals surface area contributed by atoms with E-state index in [9.17, 15) is 5.11 Å². The van der Waals surface area contributed by atoms with Gasteiger partial charge in [-0.25, -0.2) is 4.98 Å². The van der Waals surface area contributed by atoms with Crippen LogP contribution in [0.1, 0.15) is 26.6 Å². The van der Waals surface area contributed by atoms with Crippen molar-refractivity contribution in [3.8, 4) is 17.2 Å². The number of ether oxygens (including phenoxy) is 2. The molecule has 0 saturated heterocycles. The van der Waals surface area contributed by atoms with Crippen LogP contribution in [0.15, 0.2) is 42.5 Å². The lowest BCUT2D eigenvalue weighted by molar-refractivity contribution is 0.283. The molecule has 0 bridgehead atoms. The van der Waals surface area contributed by atoms with E-state index in [0.29, 0.717) is 19.1 Å². The first-order valence-corrected chi connectivity index (χ1v) is 8.60. The molecule has 0 amide bonds. The Hall–Kier alpha value is -2.69. The van der Waals surface area contributed by atoms with E-state index < -0.39 is 0 Å². The normalized spacial score (nSPS) is 11.2. The molecule has 0 aliphatic rings. The van der Waals surface area contributed by atoms with Crippen molar-refractivity contribution >= 4 is 11.0 Å². The number of aromatic nitrogens is 2. The Balaban J connectivity index is 1.86. The topological polar surface area (TPSA) is 56.5 Å². The summed E-state index contributed by atoms with van der Waals surface area (Å²) in [7, 11) is 0. The number of nitrogens with zero attached hydrogens (tertiary/aromatic N) is 2. The van der Waals surface area contributed by atoms with Crippen molar-refractivity contribution in [3.05, 3.63) is 48.3 Å². The molecule has 1 N–H and O–H groups in total. The third-order valence-electron chi connectivity index (χ3n) is 3.84. The molecular formula is C20H24N2O3. The lowest BCUT2D eigenvalue weighted by Crippen LogP contribution is -2.11. The maximum Gasteiger partial charge on any atom is 0.148 e. The molecule has 1 heterocycles. The van der Waals surface area contributed by atoms with Crippen LogP contribution in [-0.4, -0.2) is 21.3 Å². The minimum Gasteiger partial charge on any atom is -0.508 e. The largest absolute Gasteiger partial charge is 0.508 e. The van der Waals surface area contributed by atoms with Crippen molar-refractivity contribution in [2.24, 2.45) is 5.92 Å². The van der Waals surface area contributed by atoms with Gasteiger partial charge in [-0.05, 0) is 37.1 Å². The summed E-state index contributed by atoms with van der Waals surface area (Å²) in [6.45, 7) is 8.07. The Bertz CT molecular complexity index is 855. The molecule has 5 nitrogen and oxygen atoms in total. The van der Waals surface area contributed by atoms with Gasteiger partial charge in [0.15, 0.2) is 0 Å². The number of aromatic hydroxyl groups is 1. The third-order valence-corrected chi connectivity index (χ3v) is 3.84. The number of imidazole rings is 1. The van der Waals surface area contributed by atoms with E-state index in [4.69, 9.17) is 9.47 Å². The fraction of sp³-hybridized carbons (Fsp3) is 0.350. The summed E-state index contributed by atoms with van der Waals surface area (Å²) in [6.07, 6.45) is 0. The van der Waals surface area contributed by atoms with Crippen LogP contribution < -0.4 is 9.47 Å². The minimum atomic E-state index is 0.245. The molecule has 0 aliphatic heterocycles. The smallest absolute Gasteiger partial charge is 0.148 e. The van der Waals surface area contributed by atoms with Gasteiger partial charge in [-0.3, -0.25) is 0 Å². The molecule has 3 aromatic rings. The van der Waals surface area contributed by atoms with Crippen molar-refractivity contribution in [1.82, 2.24) is 9.55 Å². The van der Waals surface area contributed by atoms with Crippen LogP contribution in [0, 0.1) is 5.92 Å². The number of benzene rings is 2. The van der Waals surface area contributed by atoms with Gasteiger partial charge in [-0.2, -0.15) is 0 Å². The van der Waals surface area contributed by atoms with E-state index in [1.807, 2.05) is 37.3 Å². The lowest BCUT2D eigenvalue weighted by Gasteiger charge is -2.13. The van der Waals surface area contributed by atoms with Crippen molar-refractivity contribution in [3.63, 3.8) is 0 Å². The number of phenols is 1. The van der Waals surface area contributed by atoms with Gasteiger partial charge in [-0.1, -0.05) is 19.9 Å². The number of rotatable bonds is 7. The molecule has 0 aliphatic carbocycles. The molecule has 0 fully saturated rings. The lowest BCUT2D eigenvalue weighted by atomic mass is 10.2. The first kappa shape index (κ1) is 17.1. The van der Waals surface area contributed by atoms with Gasteiger partial charge in [0.1, 0.15) is 29.7 Å². The standard InChI is InChI=1S/C20H24N2O3/c1-4-24-16-6-5-7-17(11-16)25-13-20-21-18-9-8-15(23)10-19(18)22(20)12-14(2)3/h5-11,14,23H,4,12-13H2,1-3H3. The van der Waals surface area contributed by atoms with E-state index in [0.717, 1.165) is 34.9 Å². The Morgan fingerprint density at radius 1 is 1.08 bits per heavy atom. The van der Waals surface area contributed by atoms with E-state index >= 15 is 0 Å². The summed E-state index contributed by atoms with van der Waals surface area (Å²) in [5.74, 6) is 3.09. The fourth-order valence-corrected chi connectivity index (χ4v) is 2.81. The van der Waals surface area contributed by atoms with Crippen LogP contribution in [0.2, 0.25) is 0 Å². The molecule has 0 unspecified atom stereocenters. The monoisotopic (exact) mass is 340 g/mol. The number of phenolic OH excluding ortho intramolecular Hbond substituents is 1. The van der Waals surface area contributed by atoms with Gasteiger partial charge in [-0.15, -0.1) is 0 Å². The van der Waals surface area contributed by atoms with Crippen molar-refractivity contribution < 1.29 is 14.6 Å². The number of fused-ring (bicyclic) bond motifs is 1. The zero-order valence-electron chi connectivity index (χ0n) is 14.9. The first-order valence-electron chi connectivity index (χ1n) is 8.60. The second-order valence-corrected chi connectivity index (χ2v) is 6.40. The summed E-state index contributed by atoms with van der Waals surface area (Å²) in [6, 6.07) is 12.9. The van der Waals surface area contributed by atoms with E-state index in [-0.39, 0.29) is 5.75 Å². The Kier molecular flexibility index (Phi) is 5.12. The SMILES string of the molecule is CCOc1cccc(OCc2nc3ccc(O)cc3n2CC(C)C)c1. The second-order valence-electron chi connectivity index (χ2n) is 6.40. The summed E-state index contributed by atoms with van der Waals surface area (Å²) < 4.78 is 13.6. The first-order chi connectivity index (χ1) is 12.1. The molecule has 132 valence electrons. The molecule has 0 atom stereocenters. The predicted octanol–water partition coefficient (Wildman–Crippen LogP) is 4.38. The molecule has 0 saturated carbocycles. The Morgan fingerprint density at radius 2 is 1.84 bits per heavy atom. The van der Waals surface area contributed by atoms with Crippen LogP contribution in [0.5, 0.6) is 17.2 Å². The van der Waals surface area contributed by atoms with Crippen LogP contribution >= 0.6 is 0 Å². The highest BCUT2D eigenvalue weighted by Gasteiger charge is 2.13. The molecule has 1 aromatic heterocycles. The Morgan fingerprint density at radius 3 is 2.56 bits per heavy atom. The molecular weight excluding hydrogens is 316 g/mol. The molecule has 0 spiro atoms. The maximum atomic E-state index is 9.80. The van der Waals surface area contributed by atoms with E-state index in [2.05, 4.69) is 23.4 Å². The summed E-state index contributed by atoms with van der Waals surface area (Å²) >= 11 is 0. The predicted molar refractivity (Wildman–Crippen MR) is 98.2 cm³/mol. The number of hydrogen-bond acceptors (Lipinski definition) is 4. The fourth-order valence-electron chi connectivity index (χ4n) is 2.81. The van der Waals surface area contributed by atoms with Gasteiger partial charge in [0.2, 0.25) is 0 Å². The highest BCUT2D eigenvalue weighted by Crippen LogP contribution is 2.24. The van der Waals surface area contributed by atoms with Gasteiger partial charge in [0.25, 0.3) is 0 Å². The van der Waals surface area contributed by atoms with Crippen molar-refractivity contribution in [2.75, 3.05) is 6.61 Å². The van der Waals surface area contributed by atoms with Crippen molar-refractivity contribution in [2.45, 2.75) is 33.9 Å². The van der Waals surface area contributed by atoms with E-state index in [1.165, 1.54) is 0 Å². The summed E-state index contributed by atoms with van der Waals surface area (Å²) in [4.78, 5) is 4.68. The number of hydrogen-bond donors (Lipinski definition) is 1. The average molecular weight is 340 g/mol. The van der Waals surface area contributed by atoms with Crippen LogP contribution in [-0.2, 0) is 13.2 Å². The van der Waals surface area contributed by atoms with Gasteiger partial charge < -0.3 is 19.1 Å². The maximum absolute atomic E-state index is 9.80. The van der Waals surface area contributed by atoms with Crippen LogP contribution in [0.25, 0.3) is 11.0 Å². The van der Waals surface area contributed by atoms with Crippen LogP contribution in [0.4, 0.5) is 0 Å². The van der Waals surface area contributed by atoms with Crippen molar-refractivity contribution in [1.29, 1.82) is 0 Å². The van der Waals surface area contributed by atoms with Crippen LogP contribution in [0.3, 0.4) is 0 Å². The zero-order chi connectivity index (χ0) is 17.8. The van der Waals surface area contributed by atoms with Gasteiger partial charge in [0.05, 0.1) is 17.6 Å². The van der Waals surface area contributed by atoms with Gasteiger partial charge in [0, 0.05) is 18.7 Å². The molecule has 0 radical (unpaired) electrons. The molecule has 3 rings (SSSR count). The summed E-state index contributed by atoms with van der Waals surface area (Å²) in [5.41, 5.74) is 1.79. The molecule has 5 heteroatoms. The minimum absolute atomic E-state index is 0.245. The average Bonchev–Trinajstić information content (AvgIpc) is 2.90. The highest BCUT2D eigenvalue weighted by atomic mass is 16.5. The second kappa shape index (κ2) is 7.47. The third kappa shape index (κ3) is 4.05. The molecule has 2 aromatic carbocycles. The summed E-state index contributed by atoms with van der Waals surface area (Å²) in [5, 5.41) is 9.80. The quantitative estimate of drug-likeness (QED) is 0.693.